The van der Waals surface area contributed by atoms with Gasteiger partial charge < -0.3 is 0 Å². The summed E-state index contributed by atoms with van der Waals surface area (Å²) in [5.41, 5.74) is 9.15. The molecule has 0 atom stereocenters. The number of rotatable bonds is 4. The fraction of sp³-hybridized carbons (Fsp3) is 0. The molecule has 1 aromatic heterocycles. The molecule has 0 bridgehead atoms. The van der Waals surface area contributed by atoms with Crippen molar-refractivity contribution in [3.8, 4) is 39.3 Å². The molecule has 0 saturated carbocycles. The Morgan fingerprint density at radius 2 is 0.814 bits per heavy atom. The first-order valence-corrected chi connectivity index (χ1v) is 20.4. The van der Waals surface area contributed by atoms with Crippen LogP contribution in [0.3, 0.4) is 0 Å². The highest BCUT2D eigenvalue weighted by atomic mass is 15.1. The third-order valence-electron chi connectivity index (χ3n) is 12.7. The second-order valence-electron chi connectivity index (χ2n) is 15.8. The van der Waals surface area contributed by atoms with Gasteiger partial charge >= 0.3 is 0 Å². The van der Waals surface area contributed by atoms with Crippen molar-refractivity contribution in [2.45, 2.75) is 0 Å². The largest absolute Gasteiger partial charge is 0.292 e. The van der Waals surface area contributed by atoms with Gasteiger partial charge in [0.25, 0.3) is 0 Å². The van der Waals surface area contributed by atoms with E-state index in [9.17, 15) is 0 Å². The monoisotopic (exact) mass is 746 g/mol. The van der Waals surface area contributed by atoms with Gasteiger partial charge in [-0.2, -0.15) is 0 Å². The van der Waals surface area contributed by atoms with Gasteiger partial charge in [0.05, 0.1) is 11.0 Å². The van der Waals surface area contributed by atoms with E-state index in [-0.39, 0.29) is 0 Å². The maximum absolute atomic E-state index is 5.12. The molecule has 59 heavy (non-hydrogen) atoms. The molecule has 2 heteroatoms. The van der Waals surface area contributed by atoms with Crippen molar-refractivity contribution in [2.75, 3.05) is 0 Å². The fourth-order valence-electron chi connectivity index (χ4n) is 10.2. The highest BCUT2D eigenvalue weighted by molar-refractivity contribution is 6.38. The summed E-state index contributed by atoms with van der Waals surface area (Å²) in [5, 5.41) is 18.0. The van der Waals surface area contributed by atoms with Crippen LogP contribution in [0.2, 0.25) is 0 Å². The van der Waals surface area contributed by atoms with Crippen LogP contribution in [-0.4, -0.2) is 9.55 Å². The Morgan fingerprint density at radius 3 is 1.53 bits per heavy atom. The lowest BCUT2D eigenvalue weighted by Crippen LogP contribution is -1.97. The van der Waals surface area contributed by atoms with E-state index in [1.807, 2.05) is 0 Å². The third kappa shape index (κ3) is 4.66. The molecule has 12 aromatic carbocycles. The average Bonchev–Trinajstić information content (AvgIpc) is 3.70. The molecule has 13 rings (SSSR count). The molecule has 0 aliphatic heterocycles. The Morgan fingerprint density at radius 1 is 0.305 bits per heavy atom. The van der Waals surface area contributed by atoms with Gasteiger partial charge in [-0.3, -0.25) is 4.57 Å². The lowest BCUT2D eigenvalue weighted by Gasteiger charge is -2.19. The second kappa shape index (κ2) is 12.3. The van der Waals surface area contributed by atoms with Crippen LogP contribution in [0.5, 0.6) is 0 Å². The van der Waals surface area contributed by atoms with E-state index in [4.69, 9.17) is 4.98 Å². The van der Waals surface area contributed by atoms with Crippen LogP contribution in [0.1, 0.15) is 0 Å². The minimum atomic E-state index is 0.936. The van der Waals surface area contributed by atoms with Crippen molar-refractivity contribution in [3.05, 3.63) is 206 Å². The quantitative estimate of drug-likeness (QED) is 0.164. The maximum Gasteiger partial charge on any atom is 0.145 e. The second-order valence-corrected chi connectivity index (χ2v) is 15.8. The van der Waals surface area contributed by atoms with Crippen LogP contribution in [-0.2, 0) is 0 Å². The molecule has 13 aromatic rings. The number of aromatic nitrogens is 2. The Kier molecular flexibility index (Phi) is 6.76. The zero-order valence-corrected chi connectivity index (χ0v) is 32.0. The molecule has 0 N–H and O–H groups in total. The van der Waals surface area contributed by atoms with Crippen molar-refractivity contribution >= 4 is 86.4 Å². The fourth-order valence-corrected chi connectivity index (χ4v) is 10.2. The van der Waals surface area contributed by atoms with E-state index in [0.29, 0.717) is 0 Å². The van der Waals surface area contributed by atoms with Crippen LogP contribution < -0.4 is 0 Å². The van der Waals surface area contributed by atoms with E-state index in [1.54, 1.807) is 0 Å². The minimum Gasteiger partial charge on any atom is -0.292 e. The molecule has 1 heterocycles. The van der Waals surface area contributed by atoms with Crippen molar-refractivity contribution in [3.63, 3.8) is 0 Å². The summed E-state index contributed by atoms with van der Waals surface area (Å²) in [4.78, 5) is 5.12. The molecular formula is C57H34N2. The van der Waals surface area contributed by atoms with Crippen LogP contribution >= 0.6 is 0 Å². The first kappa shape index (κ1) is 32.3. The SMILES string of the molecule is c1ccc(-n2c(-c3ccc(-c4ccc(-c5cc6cccc7c8cccc9ccc%10cccc(c%11cccc5c%11c67)c%10c98)c5ccccc45)cc3)nc3ccccc32)cc1. The molecule has 0 aliphatic carbocycles. The van der Waals surface area contributed by atoms with Crippen molar-refractivity contribution in [2.24, 2.45) is 0 Å². The summed E-state index contributed by atoms with van der Waals surface area (Å²) in [6.07, 6.45) is 0. The van der Waals surface area contributed by atoms with E-state index in [2.05, 4.69) is 211 Å². The number of hydrogen-bond donors (Lipinski definition) is 0. The molecule has 0 aliphatic rings. The standard InChI is InChI=1S/C57H34N2/c1-2-15-40(16-3-1)59-52-25-7-6-24-51(52)58-57(59)38-30-26-35(27-31-38)41-32-33-44(43-18-5-4-17-42(41)43)50-34-39-14-10-21-46-45-19-8-12-36-28-29-37-13-9-20-47(54(37)53(36)45)48-22-11-23-49(50)56(48)55(39)46/h1-34H. The molecule has 0 radical (unpaired) electrons. The zero-order valence-electron chi connectivity index (χ0n) is 32.0. The topological polar surface area (TPSA) is 17.8 Å². The Hall–Kier alpha value is -7.81. The van der Waals surface area contributed by atoms with Gasteiger partial charge in [-0.05, 0) is 128 Å². The maximum atomic E-state index is 5.12. The Bertz CT molecular complexity index is 3820. The lowest BCUT2D eigenvalue weighted by atomic mass is 9.84. The number of benzene rings is 11. The molecule has 0 unspecified atom stereocenters. The van der Waals surface area contributed by atoms with Crippen molar-refractivity contribution < 1.29 is 0 Å². The minimum absolute atomic E-state index is 0.936. The van der Waals surface area contributed by atoms with Gasteiger partial charge in [-0.15, -0.1) is 0 Å². The summed E-state index contributed by atoms with van der Waals surface area (Å²) in [6, 6.07) is 75.8. The predicted molar refractivity (Wildman–Crippen MR) is 251 cm³/mol. The normalized spacial score (nSPS) is 12.1. The van der Waals surface area contributed by atoms with Gasteiger partial charge in [0, 0.05) is 11.3 Å². The van der Waals surface area contributed by atoms with Gasteiger partial charge in [0.15, 0.2) is 0 Å². The van der Waals surface area contributed by atoms with Crippen LogP contribution in [0, 0.1) is 0 Å². The first-order chi connectivity index (χ1) is 29.3. The molecular weight excluding hydrogens is 713 g/mol. The first-order valence-electron chi connectivity index (χ1n) is 20.4. The van der Waals surface area contributed by atoms with Crippen molar-refractivity contribution in [1.29, 1.82) is 0 Å². The van der Waals surface area contributed by atoms with Gasteiger partial charge in [0.1, 0.15) is 5.82 Å². The van der Waals surface area contributed by atoms with Crippen LogP contribution in [0.4, 0.5) is 0 Å². The third-order valence-corrected chi connectivity index (χ3v) is 12.7. The number of nitrogens with zero attached hydrogens (tertiary/aromatic N) is 2. The highest BCUT2D eigenvalue weighted by Crippen LogP contribution is 2.47. The molecule has 0 saturated heterocycles. The van der Waals surface area contributed by atoms with E-state index in [1.165, 1.54) is 97.7 Å². The number of imidazole rings is 1. The van der Waals surface area contributed by atoms with Crippen LogP contribution in [0.25, 0.3) is 126 Å². The average molecular weight is 747 g/mol. The van der Waals surface area contributed by atoms with Crippen LogP contribution in [0.15, 0.2) is 206 Å². The molecule has 0 amide bonds. The number of para-hydroxylation sites is 3. The van der Waals surface area contributed by atoms with E-state index < -0.39 is 0 Å². The van der Waals surface area contributed by atoms with Gasteiger partial charge in [0.2, 0.25) is 0 Å². The highest BCUT2D eigenvalue weighted by Gasteiger charge is 2.20. The zero-order chi connectivity index (χ0) is 38.6. The predicted octanol–water partition coefficient (Wildman–Crippen LogP) is 15.5. The molecule has 272 valence electrons. The van der Waals surface area contributed by atoms with E-state index >= 15 is 0 Å². The van der Waals surface area contributed by atoms with Gasteiger partial charge in [-0.25, -0.2) is 4.98 Å². The lowest BCUT2D eigenvalue weighted by molar-refractivity contribution is 1.10. The summed E-state index contributed by atoms with van der Waals surface area (Å²) < 4.78 is 2.26. The number of hydrogen-bond acceptors (Lipinski definition) is 1. The summed E-state index contributed by atoms with van der Waals surface area (Å²) in [5.74, 6) is 0.936. The summed E-state index contributed by atoms with van der Waals surface area (Å²) in [6.45, 7) is 0. The van der Waals surface area contributed by atoms with E-state index in [0.717, 1.165) is 28.1 Å². The number of fused-ring (bicyclic) bond motifs is 4. The summed E-state index contributed by atoms with van der Waals surface area (Å²) >= 11 is 0. The molecule has 0 spiro atoms. The molecule has 2 nitrogen and oxygen atoms in total. The Balaban J connectivity index is 1.03. The molecule has 0 fully saturated rings. The van der Waals surface area contributed by atoms with Crippen molar-refractivity contribution in [1.82, 2.24) is 9.55 Å². The smallest absolute Gasteiger partial charge is 0.145 e. The summed E-state index contributed by atoms with van der Waals surface area (Å²) in [7, 11) is 0. The Labute approximate surface area is 340 Å². The van der Waals surface area contributed by atoms with Gasteiger partial charge in [-0.1, -0.05) is 176 Å².